The normalized spacial score (nSPS) is 10.1. The van der Waals surface area contributed by atoms with Crippen LogP contribution in [0.5, 0.6) is 0 Å². The van der Waals surface area contributed by atoms with Crippen molar-refractivity contribution in [3.63, 3.8) is 0 Å². The minimum absolute atomic E-state index is 0.294. The molecule has 0 fully saturated rings. The van der Waals surface area contributed by atoms with Crippen molar-refractivity contribution in [3.05, 3.63) is 29.0 Å². The second kappa shape index (κ2) is 5.52. The molecule has 0 aliphatic rings. The number of amides is 1. The molecule has 2 aromatic heterocycles. The van der Waals surface area contributed by atoms with Gasteiger partial charge in [-0.1, -0.05) is 18.3 Å². The molecular weight excluding hydrogens is 252 g/mol. The number of carbonyl (C=O) groups is 1. The molecule has 0 bridgehead atoms. The van der Waals surface area contributed by atoms with E-state index in [-0.39, 0.29) is 5.91 Å². The molecule has 0 saturated heterocycles. The van der Waals surface area contributed by atoms with Gasteiger partial charge in [-0.2, -0.15) is 0 Å². The van der Waals surface area contributed by atoms with Gasteiger partial charge in [0.1, 0.15) is 10.7 Å². The van der Waals surface area contributed by atoms with Gasteiger partial charge in [-0.25, -0.2) is 4.98 Å². The molecule has 0 aliphatic carbocycles. The van der Waals surface area contributed by atoms with Crippen LogP contribution in [0.15, 0.2) is 18.3 Å². The summed E-state index contributed by atoms with van der Waals surface area (Å²) in [4.78, 5) is 15.8. The smallest absolute Gasteiger partial charge is 0.276 e. The summed E-state index contributed by atoms with van der Waals surface area (Å²) in [7, 11) is 0. The average Bonchev–Trinajstić information content (AvgIpc) is 2.86. The lowest BCUT2D eigenvalue weighted by molar-refractivity contribution is 0.102. The van der Waals surface area contributed by atoms with Crippen LogP contribution in [0.2, 0.25) is 0 Å². The lowest BCUT2D eigenvalue weighted by atomic mass is 10.3. The topological polar surface area (TPSA) is 106 Å². The summed E-state index contributed by atoms with van der Waals surface area (Å²) < 4.78 is 0. The predicted molar refractivity (Wildman–Crippen MR) is 69.3 cm³/mol. The lowest BCUT2D eigenvalue weighted by Gasteiger charge is -2.02. The number of nitrogens with zero attached hydrogens (tertiary/aromatic N) is 3. The van der Waals surface area contributed by atoms with Crippen molar-refractivity contribution in [1.29, 1.82) is 0 Å². The molecule has 2 aromatic rings. The minimum Gasteiger partial charge on any atom is -0.323 e. The second-order valence-corrected chi connectivity index (χ2v) is 4.45. The fraction of sp³-hybridized carbons (Fsp3) is 0.200. The molecule has 4 N–H and O–H groups in total. The number of nitrogens with one attached hydrogen (secondary N) is 2. The fourth-order valence-corrected chi connectivity index (χ4v) is 1.90. The molecule has 0 saturated carbocycles. The van der Waals surface area contributed by atoms with E-state index in [2.05, 4.69) is 25.9 Å². The highest BCUT2D eigenvalue weighted by Crippen LogP contribution is 2.16. The summed E-state index contributed by atoms with van der Waals surface area (Å²) in [6, 6.07) is 3.24. The van der Waals surface area contributed by atoms with Crippen LogP contribution >= 0.6 is 11.3 Å². The monoisotopic (exact) mass is 264 g/mol. The molecule has 8 heteroatoms. The van der Waals surface area contributed by atoms with Gasteiger partial charge < -0.3 is 5.43 Å². The standard InChI is InChI=1S/C10H12N6OS/c1-2-8-15-16-10(18-8)13-9(17)7-4-3-6(14-11)5-12-7/h3-5,14H,2,11H2,1H3,(H,13,16,17). The van der Waals surface area contributed by atoms with Crippen LogP contribution in [0.3, 0.4) is 0 Å². The van der Waals surface area contributed by atoms with Gasteiger partial charge in [0.15, 0.2) is 0 Å². The number of carbonyl (C=O) groups excluding carboxylic acids is 1. The summed E-state index contributed by atoms with van der Waals surface area (Å²) in [5, 5.41) is 11.8. The SMILES string of the molecule is CCc1nnc(NC(=O)c2ccc(NN)cn2)s1. The Morgan fingerprint density at radius 3 is 2.83 bits per heavy atom. The zero-order valence-electron chi connectivity index (χ0n) is 9.67. The zero-order chi connectivity index (χ0) is 13.0. The third kappa shape index (κ3) is 2.79. The van der Waals surface area contributed by atoms with Gasteiger partial charge in [-0.15, -0.1) is 10.2 Å². The Morgan fingerprint density at radius 1 is 1.44 bits per heavy atom. The summed E-state index contributed by atoms with van der Waals surface area (Å²) in [5.74, 6) is 4.89. The van der Waals surface area contributed by atoms with Crippen LogP contribution in [0, 0.1) is 0 Å². The van der Waals surface area contributed by atoms with Crippen LogP contribution in [0.1, 0.15) is 22.4 Å². The van der Waals surface area contributed by atoms with Crippen LogP contribution in [0.25, 0.3) is 0 Å². The molecule has 7 nitrogen and oxygen atoms in total. The first-order valence-corrected chi connectivity index (χ1v) is 6.11. The maximum Gasteiger partial charge on any atom is 0.276 e. The van der Waals surface area contributed by atoms with E-state index in [1.165, 1.54) is 17.5 Å². The van der Waals surface area contributed by atoms with E-state index >= 15 is 0 Å². The van der Waals surface area contributed by atoms with Crippen molar-refractivity contribution in [1.82, 2.24) is 15.2 Å². The van der Waals surface area contributed by atoms with E-state index < -0.39 is 0 Å². The second-order valence-electron chi connectivity index (χ2n) is 3.39. The third-order valence-electron chi connectivity index (χ3n) is 2.15. The average molecular weight is 264 g/mol. The minimum atomic E-state index is -0.322. The number of nitrogens with two attached hydrogens (primary N) is 1. The van der Waals surface area contributed by atoms with Crippen LogP contribution in [-0.2, 0) is 6.42 Å². The maximum atomic E-state index is 11.8. The van der Waals surface area contributed by atoms with Crippen LogP contribution in [-0.4, -0.2) is 21.1 Å². The van der Waals surface area contributed by atoms with E-state index in [9.17, 15) is 4.79 Å². The maximum absolute atomic E-state index is 11.8. The van der Waals surface area contributed by atoms with Crippen LogP contribution < -0.4 is 16.6 Å². The Balaban J connectivity index is 2.06. The molecule has 94 valence electrons. The van der Waals surface area contributed by atoms with E-state index in [4.69, 9.17) is 5.84 Å². The zero-order valence-corrected chi connectivity index (χ0v) is 10.5. The van der Waals surface area contributed by atoms with Crippen molar-refractivity contribution in [2.45, 2.75) is 13.3 Å². The van der Waals surface area contributed by atoms with E-state index in [0.717, 1.165) is 11.4 Å². The Hall–Kier alpha value is -2.06. The molecule has 0 unspecified atom stereocenters. The molecule has 2 rings (SSSR count). The van der Waals surface area contributed by atoms with Crippen LogP contribution in [0.4, 0.5) is 10.8 Å². The van der Waals surface area contributed by atoms with Gasteiger partial charge in [0.25, 0.3) is 5.91 Å². The van der Waals surface area contributed by atoms with Crippen molar-refractivity contribution in [2.24, 2.45) is 5.84 Å². The predicted octanol–water partition coefficient (Wildman–Crippen LogP) is 1.03. The lowest BCUT2D eigenvalue weighted by Crippen LogP contribution is -2.14. The summed E-state index contributed by atoms with van der Waals surface area (Å²) >= 11 is 1.35. The number of hydrazine groups is 1. The highest BCUT2D eigenvalue weighted by Gasteiger charge is 2.10. The van der Waals surface area contributed by atoms with Gasteiger partial charge in [0, 0.05) is 0 Å². The first-order chi connectivity index (χ1) is 8.72. The number of rotatable bonds is 4. The van der Waals surface area contributed by atoms with Gasteiger partial charge in [-0.05, 0) is 18.6 Å². The largest absolute Gasteiger partial charge is 0.323 e. The molecule has 0 aliphatic heterocycles. The number of nitrogen functional groups attached to an aromatic ring is 1. The Morgan fingerprint density at radius 2 is 2.28 bits per heavy atom. The third-order valence-corrected chi connectivity index (χ3v) is 3.14. The summed E-state index contributed by atoms with van der Waals surface area (Å²) in [6.07, 6.45) is 2.27. The first kappa shape index (κ1) is 12.4. The number of pyridine rings is 1. The number of hydrogen-bond acceptors (Lipinski definition) is 7. The van der Waals surface area contributed by atoms with Crippen molar-refractivity contribution in [3.8, 4) is 0 Å². The molecule has 1 amide bonds. The molecule has 18 heavy (non-hydrogen) atoms. The van der Waals surface area contributed by atoms with Gasteiger partial charge in [-0.3, -0.25) is 16.0 Å². The van der Waals surface area contributed by atoms with Crippen molar-refractivity contribution in [2.75, 3.05) is 10.7 Å². The molecule has 0 atom stereocenters. The number of aromatic nitrogens is 3. The van der Waals surface area contributed by atoms with Gasteiger partial charge in [0.2, 0.25) is 5.13 Å². The molecular formula is C10H12N6OS. The highest BCUT2D eigenvalue weighted by atomic mass is 32.1. The van der Waals surface area contributed by atoms with Gasteiger partial charge >= 0.3 is 0 Å². The quantitative estimate of drug-likeness (QED) is 0.562. The molecule has 0 aromatic carbocycles. The fourth-order valence-electron chi connectivity index (χ4n) is 1.22. The van der Waals surface area contributed by atoms with Gasteiger partial charge in [0.05, 0.1) is 11.9 Å². The molecule has 2 heterocycles. The Labute approximate surface area is 107 Å². The first-order valence-electron chi connectivity index (χ1n) is 5.29. The van der Waals surface area contributed by atoms with E-state index in [0.29, 0.717) is 16.5 Å². The summed E-state index contributed by atoms with van der Waals surface area (Å²) in [6.45, 7) is 1.98. The summed E-state index contributed by atoms with van der Waals surface area (Å²) in [5.41, 5.74) is 3.37. The number of hydrogen-bond donors (Lipinski definition) is 3. The Bertz CT molecular complexity index is 538. The highest BCUT2D eigenvalue weighted by molar-refractivity contribution is 7.15. The number of aryl methyl sites for hydroxylation is 1. The molecule has 0 spiro atoms. The van der Waals surface area contributed by atoms with Crippen molar-refractivity contribution < 1.29 is 4.79 Å². The van der Waals surface area contributed by atoms with E-state index in [1.807, 2.05) is 6.92 Å². The van der Waals surface area contributed by atoms with E-state index in [1.54, 1.807) is 12.1 Å². The van der Waals surface area contributed by atoms with Crippen molar-refractivity contribution >= 4 is 28.1 Å². The molecule has 0 radical (unpaired) electrons. The number of anilines is 2. The Kier molecular flexibility index (Phi) is 3.80.